The van der Waals surface area contributed by atoms with Gasteiger partial charge in [0.05, 0.1) is 18.3 Å². The van der Waals surface area contributed by atoms with Gasteiger partial charge in [-0.05, 0) is 32.0 Å². The highest BCUT2D eigenvalue weighted by molar-refractivity contribution is 5.83. The lowest BCUT2D eigenvalue weighted by molar-refractivity contribution is 0.325. The maximum atomic E-state index is 5.84. The van der Waals surface area contributed by atoms with E-state index >= 15 is 0 Å². The molecule has 1 aromatic carbocycles. The van der Waals surface area contributed by atoms with Gasteiger partial charge in [-0.15, -0.1) is 0 Å². The summed E-state index contributed by atoms with van der Waals surface area (Å²) in [5.74, 6) is 1.85. The predicted octanol–water partition coefficient (Wildman–Crippen LogP) is 2.10. The molecule has 3 aromatic rings. The Kier molecular flexibility index (Phi) is 2.98. The van der Waals surface area contributed by atoms with Crippen LogP contribution in [0, 0.1) is 6.92 Å². The van der Waals surface area contributed by atoms with Crippen LogP contribution < -0.4 is 10.5 Å². The van der Waals surface area contributed by atoms with Gasteiger partial charge in [-0.1, -0.05) is 0 Å². The normalized spacial score (nSPS) is 10.9. The van der Waals surface area contributed by atoms with Crippen molar-refractivity contribution in [3.63, 3.8) is 0 Å². The summed E-state index contributed by atoms with van der Waals surface area (Å²) < 4.78 is 7.18. The second-order valence-electron chi connectivity index (χ2n) is 4.42. The Morgan fingerprint density at radius 2 is 2.10 bits per heavy atom. The molecule has 3 rings (SSSR count). The van der Waals surface area contributed by atoms with Gasteiger partial charge in [0.2, 0.25) is 5.88 Å². The van der Waals surface area contributed by atoms with Gasteiger partial charge in [-0.3, -0.25) is 0 Å². The number of rotatable bonds is 3. The fourth-order valence-corrected chi connectivity index (χ4v) is 2.07. The molecular formula is C14H15N5O. The first-order chi connectivity index (χ1) is 9.67. The number of benzene rings is 1. The Morgan fingerprint density at radius 3 is 2.90 bits per heavy atom. The van der Waals surface area contributed by atoms with E-state index in [9.17, 15) is 0 Å². The fraction of sp³-hybridized carbons (Fsp3) is 0.214. The predicted molar refractivity (Wildman–Crippen MR) is 77.0 cm³/mol. The molecule has 0 atom stereocenters. The molecule has 0 radical (unpaired) electrons. The van der Waals surface area contributed by atoms with Crippen LogP contribution in [-0.4, -0.2) is 26.4 Å². The lowest BCUT2D eigenvalue weighted by atomic mass is 10.2. The smallest absolute Gasteiger partial charge is 0.218 e. The van der Waals surface area contributed by atoms with E-state index in [1.165, 1.54) is 0 Å². The SMILES string of the molecule is CCOc1cc(-n2ncc3ccc(N)cc32)nc(C)n1. The van der Waals surface area contributed by atoms with Crippen molar-refractivity contribution in [2.24, 2.45) is 0 Å². The lowest BCUT2D eigenvalue weighted by Gasteiger charge is -2.07. The summed E-state index contributed by atoms with van der Waals surface area (Å²) in [6, 6.07) is 7.43. The summed E-state index contributed by atoms with van der Waals surface area (Å²) in [6.07, 6.45) is 1.78. The van der Waals surface area contributed by atoms with Gasteiger partial charge >= 0.3 is 0 Å². The fourth-order valence-electron chi connectivity index (χ4n) is 2.07. The van der Waals surface area contributed by atoms with Crippen molar-refractivity contribution in [1.82, 2.24) is 19.7 Å². The molecule has 0 aliphatic carbocycles. The van der Waals surface area contributed by atoms with Crippen LogP contribution >= 0.6 is 0 Å². The monoisotopic (exact) mass is 269 g/mol. The lowest BCUT2D eigenvalue weighted by Crippen LogP contribution is -2.05. The molecule has 0 bridgehead atoms. The van der Waals surface area contributed by atoms with Crippen LogP contribution in [-0.2, 0) is 0 Å². The number of anilines is 1. The maximum Gasteiger partial charge on any atom is 0.218 e. The number of fused-ring (bicyclic) bond motifs is 1. The third-order valence-electron chi connectivity index (χ3n) is 2.91. The van der Waals surface area contributed by atoms with Gasteiger partial charge in [-0.2, -0.15) is 10.1 Å². The number of ether oxygens (including phenoxy) is 1. The first-order valence-electron chi connectivity index (χ1n) is 6.39. The Balaban J connectivity index is 2.17. The number of hydrogen-bond acceptors (Lipinski definition) is 5. The van der Waals surface area contributed by atoms with Crippen LogP contribution in [0.15, 0.2) is 30.5 Å². The second-order valence-corrected chi connectivity index (χ2v) is 4.42. The Labute approximate surface area is 116 Å². The summed E-state index contributed by atoms with van der Waals surface area (Å²) in [7, 11) is 0. The third-order valence-corrected chi connectivity index (χ3v) is 2.91. The second kappa shape index (κ2) is 4.80. The Hall–Kier alpha value is -2.63. The van der Waals surface area contributed by atoms with Gasteiger partial charge in [0.15, 0.2) is 5.82 Å². The van der Waals surface area contributed by atoms with Crippen molar-refractivity contribution >= 4 is 16.6 Å². The molecule has 6 nitrogen and oxygen atoms in total. The van der Waals surface area contributed by atoms with Gasteiger partial charge in [0, 0.05) is 17.1 Å². The highest BCUT2D eigenvalue weighted by atomic mass is 16.5. The molecule has 6 heteroatoms. The largest absolute Gasteiger partial charge is 0.478 e. The first kappa shape index (κ1) is 12.4. The molecule has 0 saturated heterocycles. The number of nitrogens with two attached hydrogens (primary N) is 1. The van der Waals surface area contributed by atoms with Crippen molar-refractivity contribution in [3.05, 3.63) is 36.3 Å². The first-order valence-corrected chi connectivity index (χ1v) is 6.39. The van der Waals surface area contributed by atoms with E-state index in [1.54, 1.807) is 16.9 Å². The number of nitrogens with zero attached hydrogens (tertiary/aromatic N) is 4. The molecular weight excluding hydrogens is 254 g/mol. The Morgan fingerprint density at radius 1 is 1.25 bits per heavy atom. The van der Waals surface area contributed by atoms with Crippen LogP contribution in [0.4, 0.5) is 5.69 Å². The zero-order valence-corrected chi connectivity index (χ0v) is 11.4. The number of nitrogen functional groups attached to an aromatic ring is 1. The van der Waals surface area contributed by atoms with Crippen LogP contribution in [0.25, 0.3) is 16.7 Å². The minimum Gasteiger partial charge on any atom is -0.478 e. The van der Waals surface area contributed by atoms with Gasteiger partial charge in [0.25, 0.3) is 0 Å². The van der Waals surface area contributed by atoms with Crippen molar-refractivity contribution in [3.8, 4) is 11.7 Å². The van der Waals surface area contributed by atoms with Crippen molar-refractivity contribution in [2.45, 2.75) is 13.8 Å². The quantitative estimate of drug-likeness (QED) is 0.737. The zero-order chi connectivity index (χ0) is 14.1. The molecule has 0 aliphatic rings. The average molecular weight is 269 g/mol. The molecule has 2 heterocycles. The minimum atomic E-state index is 0.544. The van der Waals surface area contributed by atoms with E-state index in [0.717, 1.165) is 10.9 Å². The summed E-state index contributed by atoms with van der Waals surface area (Å²) in [6.45, 7) is 4.30. The van der Waals surface area contributed by atoms with E-state index in [2.05, 4.69) is 15.1 Å². The summed E-state index contributed by atoms with van der Waals surface area (Å²) in [4.78, 5) is 8.64. The van der Waals surface area contributed by atoms with Crippen molar-refractivity contribution in [1.29, 1.82) is 0 Å². The van der Waals surface area contributed by atoms with E-state index in [0.29, 0.717) is 29.8 Å². The molecule has 0 spiro atoms. The van der Waals surface area contributed by atoms with Gasteiger partial charge < -0.3 is 10.5 Å². The standard InChI is InChI=1S/C14H15N5O/c1-3-20-14-7-13(17-9(2)18-14)19-12-6-11(15)5-4-10(12)8-16-19/h4-8H,3,15H2,1-2H3. The van der Waals surface area contributed by atoms with Crippen LogP contribution in [0.5, 0.6) is 5.88 Å². The summed E-state index contributed by atoms with van der Waals surface area (Å²) >= 11 is 0. The zero-order valence-electron chi connectivity index (χ0n) is 11.4. The molecule has 102 valence electrons. The molecule has 0 aliphatic heterocycles. The maximum absolute atomic E-state index is 5.84. The van der Waals surface area contributed by atoms with Crippen LogP contribution in [0.3, 0.4) is 0 Å². The van der Waals surface area contributed by atoms with Crippen LogP contribution in [0.1, 0.15) is 12.7 Å². The van der Waals surface area contributed by atoms with Crippen LogP contribution in [0.2, 0.25) is 0 Å². The number of hydrogen-bond donors (Lipinski definition) is 1. The minimum absolute atomic E-state index is 0.544. The van der Waals surface area contributed by atoms with E-state index in [1.807, 2.05) is 32.0 Å². The van der Waals surface area contributed by atoms with E-state index < -0.39 is 0 Å². The number of aryl methyl sites for hydroxylation is 1. The van der Waals surface area contributed by atoms with Crippen molar-refractivity contribution < 1.29 is 4.74 Å². The average Bonchev–Trinajstić information content (AvgIpc) is 2.81. The number of aromatic nitrogens is 4. The molecule has 0 amide bonds. The summed E-state index contributed by atoms with van der Waals surface area (Å²) in [5, 5.41) is 5.37. The molecule has 2 aromatic heterocycles. The van der Waals surface area contributed by atoms with E-state index in [4.69, 9.17) is 10.5 Å². The van der Waals surface area contributed by atoms with E-state index in [-0.39, 0.29) is 0 Å². The topological polar surface area (TPSA) is 78.9 Å². The highest BCUT2D eigenvalue weighted by Gasteiger charge is 2.09. The third kappa shape index (κ3) is 2.16. The summed E-state index contributed by atoms with van der Waals surface area (Å²) in [5.41, 5.74) is 7.44. The highest BCUT2D eigenvalue weighted by Crippen LogP contribution is 2.21. The molecule has 2 N–H and O–H groups in total. The molecule has 20 heavy (non-hydrogen) atoms. The molecule has 0 saturated carbocycles. The van der Waals surface area contributed by atoms with Gasteiger partial charge in [-0.25, -0.2) is 9.67 Å². The van der Waals surface area contributed by atoms with Crippen molar-refractivity contribution in [2.75, 3.05) is 12.3 Å². The Bertz CT molecular complexity index is 765. The molecule has 0 fully saturated rings. The molecule has 0 unspecified atom stereocenters. The van der Waals surface area contributed by atoms with Gasteiger partial charge in [0.1, 0.15) is 5.82 Å².